The molecular weight excluding hydrogens is 407 g/mol. The Morgan fingerprint density at radius 3 is 2.29 bits per heavy atom. The summed E-state index contributed by atoms with van der Waals surface area (Å²) in [5.74, 6) is -0.103. The van der Waals surface area contributed by atoms with Gasteiger partial charge in [0.15, 0.2) is 0 Å². The zero-order valence-electron chi connectivity index (χ0n) is 17.2. The molecule has 0 radical (unpaired) electrons. The third-order valence-electron chi connectivity index (χ3n) is 5.86. The molecule has 4 rings (SSSR count). The molecule has 8 heteroatoms. The van der Waals surface area contributed by atoms with Gasteiger partial charge in [0.05, 0.1) is 16.8 Å². The Balaban J connectivity index is 1.45. The van der Waals surface area contributed by atoms with Crippen LogP contribution >= 0.6 is 0 Å². The largest absolute Gasteiger partial charge is 0.416 e. The lowest BCUT2D eigenvalue weighted by molar-refractivity contribution is -0.137. The highest BCUT2D eigenvalue weighted by molar-refractivity contribution is 6.05. The normalized spacial score (nSPS) is 16.9. The van der Waals surface area contributed by atoms with Gasteiger partial charge in [0.25, 0.3) is 5.91 Å². The predicted molar refractivity (Wildman–Crippen MR) is 112 cm³/mol. The highest BCUT2D eigenvalue weighted by Crippen LogP contribution is 2.34. The average Bonchev–Trinajstić information content (AvgIpc) is 3.63. The Hall–Kier alpha value is -3.03. The van der Waals surface area contributed by atoms with Gasteiger partial charge in [0.1, 0.15) is 0 Å². The van der Waals surface area contributed by atoms with Crippen LogP contribution in [0.1, 0.15) is 28.8 Å². The first-order valence-electron chi connectivity index (χ1n) is 10.3. The van der Waals surface area contributed by atoms with Gasteiger partial charge >= 0.3 is 6.18 Å². The number of para-hydroxylation sites is 1. The second kappa shape index (κ2) is 8.24. The van der Waals surface area contributed by atoms with Gasteiger partial charge in [-0.25, -0.2) is 0 Å². The minimum Gasteiger partial charge on any atom is -0.368 e. The molecule has 1 saturated carbocycles. The molecular formula is C23H24F3N3O2. The molecule has 0 spiro atoms. The Kier molecular flexibility index (Phi) is 5.64. The quantitative estimate of drug-likeness (QED) is 0.734. The van der Waals surface area contributed by atoms with Crippen molar-refractivity contribution in [2.24, 2.45) is 5.92 Å². The first-order chi connectivity index (χ1) is 14.8. The van der Waals surface area contributed by atoms with E-state index in [1.807, 2.05) is 4.90 Å². The number of nitrogens with zero attached hydrogens (tertiary/aromatic N) is 3. The molecule has 0 bridgehead atoms. The van der Waals surface area contributed by atoms with Crippen LogP contribution in [0.3, 0.4) is 0 Å². The molecule has 2 aromatic rings. The molecule has 5 nitrogen and oxygen atoms in total. The van der Waals surface area contributed by atoms with E-state index in [0.717, 1.165) is 25.0 Å². The van der Waals surface area contributed by atoms with Crippen molar-refractivity contribution in [1.82, 2.24) is 4.90 Å². The van der Waals surface area contributed by atoms with Gasteiger partial charge in [-0.1, -0.05) is 18.2 Å². The lowest BCUT2D eigenvalue weighted by Crippen LogP contribution is -2.49. The number of hydrogen-bond donors (Lipinski definition) is 0. The second-order valence-corrected chi connectivity index (χ2v) is 8.02. The molecule has 2 amide bonds. The van der Waals surface area contributed by atoms with Gasteiger partial charge in [-0.2, -0.15) is 13.2 Å². The maximum Gasteiger partial charge on any atom is 0.416 e. The van der Waals surface area contributed by atoms with Crippen molar-refractivity contribution in [3.63, 3.8) is 0 Å². The number of alkyl halides is 3. The SMILES string of the molecule is CN(C(=O)C1CC1)c1ccccc1C(=O)N1CCN(c2cccc(C(F)(F)F)c2)CC1. The number of amides is 2. The van der Waals surface area contributed by atoms with Crippen LogP contribution < -0.4 is 9.80 Å². The molecule has 1 aliphatic heterocycles. The van der Waals surface area contributed by atoms with Crippen LogP contribution in [0.4, 0.5) is 24.5 Å². The summed E-state index contributed by atoms with van der Waals surface area (Å²) in [5.41, 5.74) is 0.870. The van der Waals surface area contributed by atoms with Crippen molar-refractivity contribution in [3.05, 3.63) is 59.7 Å². The molecule has 0 N–H and O–H groups in total. The summed E-state index contributed by atoms with van der Waals surface area (Å²) in [6.45, 7) is 1.66. The predicted octanol–water partition coefficient (Wildman–Crippen LogP) is 4.04. The van der Waals surface area contributed by atoms with Gasteiger partial charge in [0, 0.05) is 44.8 Å². The van der Waals surface area contributed by atoms with Crippen molar-refractivity contribution in [2.75, 3.05) is 43.0 Å². The van der Waals surface area contributed by atoms with Crippen LogP contribution in [0, 0.1) is 5.92 Å². The van der Waals surface area contributed by atoms with Crippen molar-refractivity contribution >= 4 is 23.2 Å². The van der Waals surface area contributed by atoms with E-state index in [1.165, 1.54) is 6.07 Å². The van der Waals surface area contributed by atoms with E-state index in [-0.39, 0.29) is 17.7 Å². The molecule has 1 heterocycles. The Labute approximate surface area is 179 Å². The summed E-state index contributed by atoms with van der Waals surface area (Å²) < 4.78 is 39.0. The van der Waals surface area contributed by atoms with Crippen LogP contribution in [-0.4, -0.2) is 49.9 Å². The van der Waals surface area contributed by atoms with Gasteiger partial charge in [-0.05, 0) is 43.2 Å². The number of benzene rings is 2. The van der Waals surface area contributed by atoms with Gasteiger partial charge < -0.3 is 14.7 Å². The van der Waals surface area contributed by atoms with Crippen molar-refractivity contribution in [1.29, 1.82) is 0 Å². The minimum atomic E-state index is -4.39. The summed E-state index contributed by atoms with van der Waals surface area (Å²) in [6, 6.07) is 12.3. The van der Waals surface area contributed by atoms with E-state index in [0.29, 0.717) is 43.1 Å². The first-order valence-corrected chi connectivity index (χ1v) is 10.3. The molecule has 0 aromatic heterocycles. The zero-order valence-corrected chi connectivity index (χ0v) is 17.2. The molecule has 1 saturated heterocycles. The fraction of sp³-hybridized carbons (Fsp3) is 0.391. The molecule has 2 fully saturated rings. The van der Waals surface area contributed by atoms with E-state index in [4.69, 9.17) is 0 Å². The molecule has 2 aliphatic rings. The van der Waals surface area contributed by atoms with Crippen molar-refractivity contribution < 1.29 is 22.8 Å². The van der Waals surface area contributed by atoms with E-state index < -0.39 is 11.7 Å². The van der Waals surface area contributed by atoms with Crippen LogP contribution in [0.5, 0.6) is 0 Å². The smallest absolute Gasteiger partial charge is 0.368 e. The Morgan fingerprint density at radius 1 is 0.968 bits per heavy atom. The number of anilines is 2. The zero-order chi connectivity index (χ0) is 22.2. The maximum absolute atomic E-state index is 13.2. The van der Waals surface area contributed by atoms with E-state index >= 15 is 0 Å². The van der Waals surface area contributed by atoms with Crippen LogP contribution in [0.2, 0.25) is 0 Å². The Bertz CT molecular complexity index is 980. The van der Waals surface area contributed by atoms with Gasteiger partial charge in [-0.15, -0.1) is 0 Å². The van der Waals surface area contributed by atoms with Gasteiger partial charge in [-0.3, -0.25) is 9.59 Å². The highest BCUT2D eigenvalue weighted by atomic mass is 19.4. The molecule has 2 aromatic carbocycles. The van der Waals surface area contributed by atoms with E-state index in [2.05, 4.69) is 0 Å². The average molecular weight is 431 g/mol. The molecule has 0 unspecified atom stereocenters. The summed E-state index contributed by atoms with van der Waals surface area (Å²) in [6.07, 6.45) is -2.62. The van der Waals surface area contributed by atoms with E-state index in [1.54, 1.807) is 47.2 Å². The number of halogens is 3. The highest BCUT2D eigenvalue weighted by Gasteiger charge is 2.34. The molecule has 31 heavy (non-hydrogen) atoms. The lowest BCUT2D eigenvalue weighted by Gasteiger charge is -2.36. The fourth-order valence-corrected chi connectivity index (χ4v) is 3.89. The summed E-state index contributed by atoms with van der Waals surface area (Å²) in [5, 5.41) is 0. The van der Waals surface area contributed by atoms with Crippen LogP contribution in [-0.2, 0) is 11.0 Å². The van der Waals surface area contributed by atoms with Gasteiger partial charge in [0.2, 0.25) is 5.91 Å². The maximum atomic E-state index is 13.2. The van der Waals surface area contributed by atoms with Crippen molar-refractivity contribution in [3.8, 4) is 0 Å². The third-order valence-corrected chi connectivity index (χ3v) is 5.86. The first kappa shape index (κ1) is 21.2. The van der Waals surface area contributed by atoms with E-state index in [9.17, 15) is 22.8 Å². The fourth-order valence-electron chi connectivity index (χ4n) is 3.89. The number of rotatable bonds is 4. The minimum absolute atomic E-state index is 0.0228. The third kappa shape index (κ3) is 4.52. The summed E-state index contributed by atoms with van der Waals surface area (Å²) in [7, 11) is 1.69. The van der Waals surface area contributed by atoms with Crippen LogP contribution in [0.25, 0.3) is 0 Å². The molecule has 1 aliphatic carbocycles. The topological polar surface area (TPSA) is 43.9 Å². The number of piperazine rings is 1. The standard InChI is InChI=1S/C23H24F3N3O2/c1-27(21(30)16-9-10-16)20-8-3-2-7-19(20)22(31)29-13-11-28(12-14-29)18-6-4-5-17(15-18)23(24,25)26/h2-8,15-16H,9-14H2,1H3. The lowest BCUT2D eigenvalue weighted by atomic mass is 10.1. The van der Waals surface area contributed by atoms with Crippen molar-refractivity contribution in [2.45, 2.75) is 19.0 Å². The monoisotopic (exact) mass is 431 g/mol. The summed E-state index contributed by atoms with van der Waals surface area (Å²) >= 11 is 0. The second-order valence-electron chi connectivity index (χ2n) is 8.02. The Morgan fingerprint density at radius 2 is 1.65 bits per heavy atom. The number of hydrogen-bond acceptors (Lipinski definition) is 3. The molecule has 0 atom stereocenters. The number of carbonyl (C=O) groups is 2. The molecule has 164 valence electrons. The van der Waals surface area contributed by atoms with Crippen LogP contribution in [0.15, 0.2) is 48.5 Å². The number of carbonyl (C=O) groups excluding carboxylic acids is 2. The summed E-state index contributed by atoms with van der Waals surface area (Å²) in [4.78, 5) is 30.8.